The summed E-state index contributed by atoms with van der Waals surface area (Å²) >= 11 is 0. The van der Waals surface area contributed by atoms with Crippen molar-refractivity contribution in [1.82, 2.24) is 10.2 Å². The summed E-state index contributed by atoms with van der Waals surface area (Å²) in [6.45, 7) is 6.20. The number of amides is 3. The largest absolute Gasteiger partial charge is 0.490 e. The van der Waals surface area contributed by atoms with E-state index in [1.807, 2.05) is 13.0 Å². The molecule has 2 aromatic rings. The van der Waals surface area contributed by atoms with Crippen molar-refractivity contribution in [1.29, 1.82) is 0 Å². The van der Waals surface area contributed by atoms with Gasteiger partial charge in [-0.2, -0.15) is 0 Å². The topological polar surface area (TPSA) is 111 Å². The number of imide groups is 1. The summed E-state index contributed by atoms with van der Waals surface area (Å²) in [7, 11) is 1.41. The molecule has 1 aliphatic heterocycles. The van der Waals surface area contributed by atoms with Crippen molar-refractivity contribution in [3.05, 3.63) is 81.6 Å². The minimum atomic E-state index is -0.486. The SMILES string of the molecule is C=CCc1cc(/C=C2/NC(=O)N(C)C2=O)cc(OCC)c1OCc1ccc([N+](=O)[O-])cc1. The lowest BCUT2D eigenvalue weighted by Gasteiger charge is -2.17. The Bertz CT molecular complexity index is 1090. The molecule has 0 bridgehead atoms. The van der Waals surface area contributed by atoms with Gasteiger partial charge in [0.2, 0.25) is 0 Å². The van der Waals surface area contributed by atoms with Gasteiger partial charge < -0.3 is 14.8 Å². The molecule has 0 aromatic heterocycles. The third-order valence-electron chi connectivity index (χ3n) is 4.74. The van der Waals surface area contributed by atoms with Crippen LogP contribution in [0, 0.1) is 10.1 Å². The number of carbonyl (C=O) groups is 2. The fraction of sp³-hybridized carbons (Fsp3) is 0.217. The number of rotatable bonds is 9. The summed E-state index contributed by atoms with van der Waals surface area (Å²) in [5.41, 5.74) is 2.38. The molecule has 3 rings (SSSR count). The van der Waals surface area contributed by atoms with Crippen LogP contribution in [-0.4, -0.2) is 35.4 Å². The summed E-state index contributed by atoms with van der Waals surface area (Å²) in [4.78, 5) is 35.3. The first-order valence-electron chi connectivity index (χ1n) is 9.91. The highest BCUT2D eigenvalue weighted by Gasteiger charge is 2.30. The molecule has 32 heavy (non-hydrogen) atoms. The Balaban J connectivity index is 1.92. The Morgan fingerprint density at radius 3 is 2.47 bits per heavy atom. The molecule has 0 aliphatic carbocycles. The number of nitro groups is 1. The van der Waals surface area contributed by atoms with Crippen LogP contribution < -0.4 is 14.8 Å². The standard InChI is InChI=1S/C23H23N3O6/c1-4-6-17-11-16(12-19-22(27)25(3)23(28)24-19)13-20(31-5-2)21(17)32-14-15-7-9-18(10-8-15)26(29)30/h4,7-13H,1,5-6,14H2,2-3H3,(H,24,28)/b19-12+. The lowest BCUT2D eigenvalue weighted by molar-refractivity contribution is -0.384. The Kier molecular flexibility index (Phi) is 6.89. The van der Waals surface area contributed by atoms with Gasteiger partial charge in [0.1, 0.15) is 12.3 Å². The number of allylic oxidation sites excluding steroid dienone is 1. The molecule has 9 heteroatoms. The predicted octanol–water partition coefficient (Wildman–Crippen LogP) is 3.82. The lowest BCUT2D eigenvalue weighted by Crippen LogP contribution is -2.25. The molecular weight excluding hydrogens is 414 g/mol. The van der Waals surface area contributed by atoms with Gasteiger partial charge in [-0.25, -0.2) is 4.79 Å². The summed E-state index contributed by atoms with van der Waals surface area (Å²) in [6, 6.07) is 9.19. The van der Waals surface area contributed by atoms with Gasteiger partial charge in [-0.1, -0.05) is 6.08 Å². The molecule has 0 saturated carbocycles. The second-order valence-electron chi connectivity index (χ2n) is 7.00. The van der Waals surface area contributed by atoms with Crippen LogP contribution in [0.5, 0.6) is 11.5 Å². The molecule has 0 spiro atoms. The van der Waals surface area contributed by atoms with Crippen LogP contribution in [0.2, 0.25) is 0 Å². The van der Waals surface area contributed by atoms with Crippen molar-refractivity contribution in [3.63, 3.8) is 0 Å². The zero-order chi connectivity index (χ0) is 23.3. The summed E-state index contributed by atoms with van der Waals surface area (Å²) < 4.78 is 11.8. The number of nitro benzene ring substituents is 1. The first-order valence-corrected chi connectivity index (χ1v) is 9.91. The third-order valence-corrected chi connectivity index (χ3v) is 4.74. The molecule has 2 aromatic carbocycles. The van der Waals surface area contributed by atoms with Gasteiger partial charge >= 0.3 is 6.03 Å². The van der Waals surface area contributed by atoms with Gasteiger partial charge in [-0.3, -0.25) is 19.8 Å². The Hall–Kier alpha value is -4.14. The van der Waals surface area contributed by atoms with E-state index < -0.39 is 16.9 Å². The van der Waals surface area contributed by atoms with Crippen molar-refractivity contribution in [2.24, 2.45) is 0 Å². The van der Waals surface area contributed by atoms with Gasteiger partial charge in [0.25, 0.3) is 11.6 Å². The highest BCUT2D eigenvalue weighted by atomic mass is 16.6. The molecule has 1 fully saturated rings. The second-order valence-corrected chi connectivity index (χ2v) is 7.00. The van der Waals surface area contributed by atoms with E-state index in [9.17, 15) is 19.7 Å². The zero-order valence-electron chi connectivity index (χ0n) is 17.8. The van der Waals surface area contributed by atoms with Crippen molar-refractivity contribution in [2.45, 2.75) is 20.0 Å². The summed E-state index contributed by atoms with van der Waals surface area (Å²) in [5.74, 6) is 0.577. The Labute approximate surface area is 185 Å². The van der Waals surface area contributed by atoms with E-state index in [4.69, 9.17) is 9.47 Å². The summed E-state index contributed by atoms with van der Waals surface area (Å²) in [5, 5.41) is 13.4. The van der Waals surface area contributed by atoms with Gasteiger partial charge in [-0.05, 0) is 54.8 Å². The first-order chi connectivity index (χ1) is 15.3. The molecule has 0 atom stereocenters. The van der Waals surface area contributed by atoms with E-state index in [2.05, 4.69) is 11.9 Å². The number of benzene rings is 2. The number of nitrogens with one attached hydrogen (secondary N) is 1. The van der Waals surface area contributed by atoms with Crippen LogP contribution in [0.15, 0.2) is 54.8 Å². The smallest absolute Gasteiger partial charge is 0.328 e. The number of hydrogen-bond donors (Lipinski definition) is 1. The molecule has 9 nitrogen and oxygen atoms in total. The molecule has 1 aliphatic rings. The number of carbonyl (C=O) groups excluding carboxylic acids is 2. The molecule has 1 saturated heterocycles. The van der Waals surface area contributed by atoms with Gasteiger partial charge in [0, 0.05) is 24.7 Å². The average Bonchev–Trinajstić information content (AvgIpc) is 3.00. The van der Waals surface area contributed by atoms with Crippen LogP contribution in [-0.2, 0) is 17.8 Å². The first kappa shape index (κ1) is 22.5. The highest BCUT2D eigenvalue weighted by molar-refractivity contribution is 6.13. The quantitative estimate of drug-likeness (QED) is 0.210. The maximum atomic E-state index is 12.2. The second kappa shape index (κ2) is 9.78. The van der Waals surface area contributed by atoms with E-state index in [-0.39, 0.29) is 18.0 Å². The molecule has 166 valence electrons. The van der Waals surface area contributed by atoms with Crippen LogP contribution in [0.3, 0.4) is 0 Å². The maximum Gasteiger partial charge on any atom is 0.328 e. The normalized spacial score (nSPS) is 14.4. The average molecular weight is 437 g/mol. The van der Waals surface area contributed by atoms with E-state index in [1.165, 1.54) is 19.2 Å². The van der Waals surface area contributed by atoms with Crippen molar-refractivity contribution < 1.29 is 24.0 Å². The van der Waals surface area contributed by atoms with E-state index in [0.717, 1.165) is 16.0 Å². The third kappa shape index (κ3) is 4.94. The van der Waals surface area contributed by atoms with Gasteiger partial charge in [0.15, 0.2) is 11.5 Å². The zero-order valence-corrected chi connectivity index (χ0v) is 17.8. The van der Waals surface area contributed by atoms with E-state index >= 15 is 0 Å². The molecular formula is C23H23N3O6. The van der Waals surface area contributed by atoms with Crippen LogP contribution in [0.1, 0.15) is 23.6 Å². The Morgan fingerprint density at radius 2 is 1.91 bits per heavy atom. The monoisotopic (exact) mass is 437 g/mol. The molecule has 0 unspecified atom stereocenters. The minimum Gasteiger partial charge on any atom is -0.490 e. The van der Waals surface area contributed by atoms with Crippen LogP contribution in [0.25, 0.3) is 6.08 Å². The minimum absolute atomic E-state index is 0.00712. The molecule has 1 N–H and O–H groups in total. The maximum absolute atomic E-state index is 12.2. The van der Waals surface area contributed by atoms with Crippen molar-refractivity contribution >= 4 is 23.7 Å². The predicted molar refractivity (Wildman–Crippen MR) is 118 cm³/mol. The van der Waals surface area contributed by atoms with Crippen molar-refractivity contribution in [2.75, 3.05) is 13.7 Å². The number of likely N-dealkylation sites (N-methyl/N-ethyl adjacent to an activating group) is 1. The van der Waals surface area contributed by atoms with Crippen molar-refractivity contribution in [3.8, 4) is 11.5 Å². The number of non-ortho nitro benzene ring substituents is 1. The van der Waals surface area contributed by atoms with Crippen LogP contribution in [0.4, 0.5) is 10.5 Å². The summed E-state index contributed by atoms with van der Waals surface area (Å²) in [6.07, 6.45) is 3.78. The van der Waals surface area contributed by atoms with E-state index in [1.54, 1.807) is 30.4 Å². The fourth-order valence-corrected chi connectivity index (χ4v) is 3.16. The molecule has 3 amide bonds. The van der Waals surface area contributed by atoms with Crippen LogP contribution >= 0.6 is 0 Å². The van der Waals surface area contributed by atoms with Gasteiger partial charge in [0.05, 0.1) is 11.5 Å². The number of ether oxygens (including phenoxy) is 2. The molecule has 0 radical (unpaired) electrons. The number of nitrogens with zero attached hydrogens (tertiary/aromatic N) is 2. The van der Waals surface area contributed by atoms with Gasteiger partial charge in [-0.15, -0.1) is 6.58 Å². The Morgan fingerprint density at radius 1 is 1.19 bits per heavy atom. The number of hydrogen-bond acceptors (Lipinski definition) is 6. The molecule has 1 heterocycles. The highest BCUT2D eigenvalue weighted by Crippen LogP contribution is 2.35. The fourth-order valence-electron chi connectivity index (χ4n) is 3.16. The number of urea groups is 1. The lowest BCUT2D eigenvalue weighted by atomic mass is 10.0. The van der Waals surface area contributed by atoms with E-state index in [0.29, 0.717) is 30.1 Å².